The van der Waals surface area contributed by atoms with Crippen molar-refractivity contribution in [2.45, 2.75) is 19.8 Å². The van der Waals surface area contributed by atoms with Gasteiger partial charge in [0.15, 0.2) is 0 Å². The van der Waals surface area contributed by atoms with Crippen LogP contribution in [0.3, 0.4) is 0 Å². The molecule has 0 saturated carbocycles. The summed E-state index contributed by atoms with van der Waals surface area (Å²) in [6, 6.07) is 10.3. The Bertz CT molecular complexity index is 875. The lowest BCUT2D eigenvalue weighted by atomic mass is 10.1. The van der Waals surface area contributed by atoms with Gasteiger partial charge in [-0.05, 0) is 100.0 Å². The largest absolute Gasteiger partial charge is 0.508 e. The Morgan fingerprint density at radius 1 is 1.18 bits per heavy atom. The lowest BCUT2D eigenvalue weighted by molar-refractivity contribution is -0.138. The van der Waals surface area contributed by atoms with E-state index in [1.165, 1.54) is 0 Å². The number of benzene rings is 2. The van der Waals surface area contributed by atoms with E-state index < -0.39 is 5.97 Å². The number of carbonyl (C=O) groups excluding carboxylic acids is 1. The SMILES string of the molecule is CCOC(=O)C(=Cc1ccc(O)cc1)NC(=S)CCc1cc(I)c(O)c(I)c1. The maximum Gasteiger partial charge on any atom is 0.354 e. The standard InChI is InChI=1S/C20H19I2NO4S/c1-2-27-20(26)17(11-12-3-6-14(24)7-4-12)23-18(28)8-5-13-9-15(21)19(25)16(22)10-13/h3-4,6-7,9-11,24-25H,2,5,8H2,1H3,(H,23,28). The molecule has 28 heavy (non-hydrogen) atoms. The van der Waals surface area contributed by atoms with Crippen molar-refractivity contribution in [1.29, 1.82) is 0 Å². The Kier molecular flexibility index (Phi) is 8.96. The molecule has 0 unspecified atom stereocenters. The topological polar surface area (TPSA) is 78.8 Å². The number of rotatable bonds is 7. The maximum absolute atomic E-state index is 12.3. The number of phenols is 2. The van der Waals surface area contributed by atoms with Gasteiger partial charge in [0, 0.05) is 6.42 Å². The minimum Gasteiger partial charge on any atom is -0.508 e. The predicted octanol–water partition coefficient (Wildman–Crippen LogP) is 4.76. The molecule has 0 saturated heterocycles. The zero-order chi connectivity index (χ0) is 20.7. The van der Waals surface area contributed by atoms with Crippen LogP contribution in [0.2, 0.25) is 0 Å². The van der Waals surface area contributed by atoms with Gasteiger partial charge in [-0.25, -0.2) is 4.79 Å². The number of hydrogen-bond donors (Lipinski definition) is 3. The molecule has 8 heteroatoms. The van der Waals surface area contributed by atoms with Gasteiger partial charge in [0.05, 0.1) is 18.7 Å². The van der Waals surface area contributed by atoms with Crippen molar-refractivity contribution in [2.75, 3.05) is 6.61 Å². The maximum atomic E-state index is 12.3. The van der Waals surface area contributed by atoms with E-state index in [1.54, 1.807) is 37.3 Å². The molecular weight excluding hydrogens is 604 g/mol. The third-order valence-corrected chi connectivity index (χ3v) is 5.64. The van der Waals surface area contributed by atoms with Crippen molar-refractivity contribution >= 4 is 74.4 Å². The van der Waals surface area contributed by atoms with Crippen LogP contribution in [0.5, 0.6) is 11.5 Å². The number of ether oxygens (including phenoxy) is 1. The Balaban J connectivity index is 2.09. The summed E-state index contributed by atoms with van der Waals surface area (Å²) in [6.07, 6.45) is 2.85. The van der Waals surface area contributed by atoms with Crippen molar-refractivity contribution in [2.24, 2.45) is 0 Å². The fourth-order valence-electron chi connectivity index (χ4n) is 2.33. The highest BCUT2D eigenvalue weighted by atomic mass is 127. The molecule has 0 aromatic heterocycles. The van der Waals surface area contributed by atoms with Gasteiger partial charge in [0.1, 0.15) is 17.2 Å². The number of aryl methyl sites for hydroxylation is 1. The Hall–Kier alpha value is -1.40. The zero-order valence-corrected chi connectivity index (χ0v) is 20.2. The van der Waals surface area contributed by atoms with Gasteiger partial charge in [0.2, 0.25) is 0 Å². The zero-order valence-electron chi connectivity index (χ0n) is 15.0. The van der Waals surface area contributed by atoms with E-state index in [2.05, 4.69) is 50.5 Å². The summed E-state index contributed by atoms with van der Waals surface area (Å²) in [7, 11) is 0. The second kappa shape index (κ2) is 11.0. The van der Waals surface area contributed by atoms with Crippen LogP contribution in [0, 0.1) is 7.14 Å². The molecule has 0 amide bonds. The van der Waals surface area contributed by atoms with Crippen LogP contribution in [0.25, 0.3) is 6.08 Å². The van der Waals surface area contributed by atoms with Crippen molar-refractivity contribution in [3.8, 4) is 11.5 Å². The Morgan fingerprint density at radius 2 is 1.79 bits per heavy atom. The van der Waals surface area contributed by atoms with Crippen LogP contribution in [-0.2, 0) is 16.0 Å². The molecule has 2 rings (SSSR count). The summed E-state index contributed by atoms with van der Waals surface area (Å²) in [6.45, 7) is 1.99. The van der Waals surface area contributed by atoms with E-state index in [0.29, 0.717) is 17.8 Å². The summed E-state index contributed by atoms with van der Waals surface area (Å²) in [4.78, 5) is 12.8. The molecule has 0 aliphatic heterocycles. The minimum absolute atomic E-state index is 0.150. The fourth-order valence-corrected chi connectivity index (χ4v) is 4.43. The molecule has 0 atom stereocenters. The lowest BCUT2D eigenvalue weighted by Crippen LogP contribution is -2.27. The van der Waals surface area contributed by atoms with Gasteiger partial charge < -0.3 is 20.3 Å². The monoisotopic (exact) mass is 623 g/mol. The fraction of sp³-hybridized carbons (Fsp3) is 0.200. The van der Waals surface area contributed by atoms with E-state index >= 15 is 0 Å². The number of esters is 1. The third-order valence-electron chi connectivity index (χ3n) is 3.69. The highest BCUT2D eigenvalue weighted by molar-refractivity contribution is 14.1. The molecule has 148 valence electrons. The summed E-state index contributed by atoms with van der Waals surface area (Å²) >= 11 is 9.60. The predicted molar refractivity (Wildman–Crippen MR) is 130 cm³/mol. The normalized spacial score (nSPS) is 11.2. The van der Waals surface area contributed by atoms with Crippen molar-refractivity contribution in [3.63, 3.8) is 0 Å². The first-order valence-electron chi connectivity index (χ1n) is 8.44. The quantitative estimate of drug-likeness (QED) is 0.179. The van der Waals surface area contributed by atoms with E-state index in [0.717, 1.165) is 18.3 Å². The van der Waals surface area contributed by atoms with Gasteiger partial charge in [-0.15, -0.1) is 0 Å². The van der Waals surface area contributed by atoms with Gasteiger partial charge in [-0.2, -0.15) is 0 Å². The molecule has 2 aromatic carbocycles. The molecule has 0 aliphatic carbocycles. The van der Waals surface area contributed by atoms with E-state index in [1.807, 2.05) is 12.1 Å². The summed E-state index contributed by atoms with van der Waals surface area (Å²) in [5.41, 5.74) is 2.03. The number of nitrogens with one attached hydrogen (secondary N) is 1. The van der Waals surface area contributed by atoms with Crippen LogP contribution in [-0.4, -0.2) is 27.8 Å². The molecule has 0 aliphatic rings. The van der Waals surface area contributed by atoms with Crippen molar-refractivity contribution in [1.82, 2.24) is 5.32 Å². The van der Waals surface area contributed by atoms with E-state index in [4.69, 9.17) is 17.0 Å². The Morgan fingerprint density at radius 3 is 2.36 bits per heavy atom. The molecular formula is C20H19I2NO4S. The van der Waals surface area contributed by atoms with Gasteiger partial charge in [-0.3, -0.25) is 0 Å². The first kappa shape index (κ1) is 22.9. The van der Waals surface area contributed by atoms with Gasteiger partial charge in [-0.1, -0.05) is 24.4 Å². The highest BCUT2D eigenvalue weighted by Gasteiger charge is 2.13. The number of carbonyl (C=O) groups is 1. The second-order valence-corrected chi connectivity index (χ2v) is 8.64. The number of aromatic hydroxyl groups is 2. The lowest BCUT2D eigenvalue weighted by Gasteiger charge is -2.12. The molecule has 0 radical (unpaired) electrons. The number of thiocarbonyl (C=S) groups is 1. The molecule has 5 nitrogen and oxygen atoms in total. The average molecular weight is 623 g/mol. The number of halogens is 2. The molecule has 0 fully saturated rings. The summed E-state index contributed by atoms with van der Waals surface area (Å²) in [5.74, 6) is -0.0600. The first-order chi connectivity index (χ1) is 13.3. The molecule has 2 aromatic rings. The summed E-state index contributed by atoms with van der Waals surface area (Å²) < 4.78 is 6.68. The van der Waals surface area contributed by atoms with Crippen LogP contribution >= 0.6 is 57.4 Å². The second-order valence-electron chi connectivity index (χ2n) is 5.83. The first-order valence-corrected chi connectivity index (χ1v) is 11.0. The highest BCUT2D eigenvalue weighted by Crippen LogP contribution is 2.27. The van der Waals surface area contributed by atoms with E-state index in [-0.39, 0.29) is 23.8 Å². The van der Waals surface area contributed by atoms with Crippen LogP contribution in [0.15, 0.2) is 42.1 Å². The van der Waals surface area contributed by atoms with Crippen molar-refractivity contribution < 1.29 is 19.7 Å². The summed E-state index contributed by atoms with van der Waals surface area (Å²) in [5, 5.41) is 22.2. The van der Waals surface area contributed by atoms with Crippen molar-refractivity contribution in [3.05, 3.63) is 60.4 Å². The Labute approximate surface area is 196 Å². The molecule has 0 spiro atoms. The number of phenolic OH excluding ortho intramolecular Hbond substituents is 2. The smallest absolute Gasteiger partial charge is 0.354 e. The molecule has 0 bridgehead atoms. The average Bonchev–Trinajstić information content (AvgIpc) is 2.65. The number of hydrogen-bond acceptors (Lipinski definition) is 5. The van der Waals surface area contributed by atoms with Crippen LogP contribution < -0.4 is 5.32 Å². The van der Waals surface area contributed by atoms with Crippen LogP contribution in [0.4, 0.5) is 0 Å². The minimum atomic E-state index is -0.494. The van der Waals surface area contributed by atoms with Gasteiger partial charge >= 0.3 is 5.97 Å². The third kappa shape index (κ3) is 6.89. The van der Waals surface area contributed by atoms with Crippen LogP contribution in [0.1, 0.15) is 24.5 Å². The van der Waals surface area contributed by atoms with Gasteiger partial charge in [0.25, 0.3) is 0 Å². The molecule has 0 heterocycles. The molecule has 3 N–H and O–H groups in total. The van der Waals surface area contributed by atoms with E-state index in [9.17, 15) is 15.0 Å².